The van der Waals surface area contributed by atoms with E-state index >= 15 is 0 Å². The molecule has 1 aliphatic rings. The summed E-state index contributed by atoms with van der Waals surface area (Å²) in [5.41, 5.74) is 3.85. The van der Waals surface area contributed by atoms with Crippen LogP contribution in [0.2, 0.25) is 0 Å². The number of benzene rings is 2. The number of halogens is 1. The Balaban J connectivity index is 1.59. The number of carbonyl (C=O) groups is 1. The minimum absolute atomic E-state index is 0.191. The molecule has 7 heteroatoms. The Morgan fingerprint density at radius 2 is 1.92 bits per heavy atom. The van der Waals surface area contributed by atoms with Gasteiger partial charge in [0.25, 0.3) is 5.91 Å². The third-order valence-corrected chi connectivity index (χ3v) is 4.67. The van der Waals surface area contributed by atoms with Gasteiger partial charge in [-0.25, -0.2) is 4.39 Å². The molecule has 1 amide bonds. The van der Waals surface area contributed by atoms with Gasteiger partial charge in [-0.05, 0) is 84.5 Å². The van der Waals surface area contributed by atoms with Crippen molar-refractivity contribution >= 4 is 11.6 Å². The van der Waals surface area contributed by atoms with Crippen LogP contribution in [0.5, 0.6) is 0 Å². The molecule has 0 atom stereocenters. The van der Waals surface area contributed by atoms with E-state index in [-0.39, 0.29) is 11.6 Å². The molecule has 0 radical (unpaired) electrons. The van der Waals surface area contributed by atoms with E-state index in [4.69, 9.17) is 0 Å². The molecule has 0 unspecified atom stereocenters. The summed E-state index contributed by atoms with van der Waals surface area (Å²) in [6.45, 7) is 1.68. The van der Waals surface area contributed by atoms with Crippen molar-refractivity contribution in [3.8, 4) is 5.69 Å². The minimum Gasteiger partial charge on any atom is -0.322 e. The van der Waals surface area contributed by atoms with Gasteiger partial charge in [0.1, 0.15) is 11.5 Å². The zero-order valence-electron chi connectivity index (χ0n) is 14.4. The summed E-state index contributed by atoms with van der Waals surface area (Å²) < 4.78 is 15.4. The molecule has 1 aliphatic carbocycles. The van der Waals surface area contributed by atoms with Gasteiger partial charge in [-0.3, -0.25) is 4.79 Å². The van der Waals surface area contributed by atoms with Gasteiger partial charge in [0, 0.05) is 11.3 Å². The summed E-state index contributed by atoms with van der Waals surface area (Å²) in [7, 11) is 0. The highest BCUT2D eigenvalue weighted by molar-refractivity contribution is 6.04. The Kier molecular flexibility index (Phi) is 4.20. The first-order valence-corrected chi connectivity index (χ1v) is 8.60. The van der Waals surface area contributed by atoms with Crippen molar-refractivity contribution in [2.45, 2.75) is 32.6 Å². The van der Waals surface area contributed by atoms with Crippen LogP contribution >= 0.6 is 0 Å². The highest BCUT2D eigenvalue weighted by Crippen LogP contribution is 2.23. The average Bonchev–Trinajstić information content (AvgIpc) is 3.08. The fourth-order valence-corrected chi connectivity index (χ4v) is 3.28. The van der Waals surface area contributed by atoms with Crippen LogP contribution in [0.1, 0.15) is 40.2 Å². The standard InChI is InChI=1S/C19H18FN5O/c1-12-22-23-24-25(12)18-11-16(8-9-17(18)20)21-19(26)15-7-6-13-4-2-3-5-14(13)10-15/h6-11H,2-5H2,1H3,(H,21,26). The minimum atomic E-state index is -0.466. The normalized spacial score (nSPS) is 13.3. The second kappa shape index (κ2) is 6.67. The van der Waals surface area contributed by atoms with Crippen LogP contribution in [0, 0.1) is 12.7 Å². The van der Waals surface area contributed by atoms with Crippen LogP contribution in [-0.4, -0.2) is 26.1 Å². The van der Waals surface area contributed by atoms with Gasteiger partial charge in [0.15, 0.2) is 5.82 Å². The summed E-state index contributed by atoms with van der Waals surface area (Å²) in [5, 5.41) is 13.9. The Hall–Kier alpha value is -3.09. The van der Waals surface area contributed by atoms with Crippen molar-refractivity contribution in [2.75, 3.05) is 5.32 Å². The molecule has 0 aliphatic heterocycles. The van der Waals surface area contributed by atoms with E-state index in [0.717, 1.165) is 19.3 Å². The quantitative estimate of drug-likeness (QED) is 0.786. The zero-order valence-corrected chi connectivity index (χ0v) is 14.4. The van der Waals surface area contributed by atoms with Crippen LogP contribution in [-0.2, 0) is 12.8 Å². The number of hydrogen-bond acceptors (Lipinski definition) is 4. The van der Waals surface area contributed by atoms with Crippen molar-refractivity contribution in [2.24, 2.45) is 0 Å². The molecule has 0 saturated heterocycles. The number of tetrazole rings is 1. The summed E-state index contributed by atoms with van der Waals surface area (Å²) in [6, 6.07) is 10.2. The summed E-state index contributed by atoms with van der Waals surface area (Å²) in [6.07, 6.45) is 4.44. The smallest absolute Gasteiger partial charge is 0.255 e. The molecular weight excluding hydrogens is 333 g/mol. The molecule has 132 valence electrons. The fraction of sp³-hybridized carbons (Fsp3) is 0.263. The van der Waals surface area contributed by atoms with Crippen molar-refractivity contribution in [3.05, 3.63) is 64.7 Å². The van der Waals surface area contributed by atoms with Gasteiger partial charge in [0.05, 0.1) is 0 Å². The van der Waals surface area contributed by atoms with Gasteiger partial charge in [0.2, 0.25) is 0 Å². The second-order valence-corrected chi connectivity index (χ2v) is 6.45. The Bertz CT molecular complexity index is 982. The summed E-state index contributed by atoms with van der Waals surface area (Å²) in [5.74, 6) is -0.224. The van der Waals surface area contributed by atoms with Crippen molar-refractivity contribution < 1.29 is 9.18 Å². The maximum absolute atomic E-state index is 14.1. The number of fused-ring (bicyclic) bond motifs is 1. The van der Waals surface area contributed by atoms with Gasteiger partial charge < -0.3 is 5.32 Å². The third-order valence-electron chi connectivity index (χ3n) is 4.67. The topological polar surface area (TPSA) is 72.7 Å². The maximum atomic E-state index is 14.1. The summed E-state index contributed by atoms with van der Waals surface area (Å²) in [4.78, 5) is 12.6. The first kappa shape index (κ1) is 16.4. The lowest BCUT2D eigenvalue weighted by Crippen LogP contribution is -2.14. The van der Waals surface area contributed by atoms with Crippen LogP contribution in [0.25, 0.3) is 5.69 Å². The molecule has 3 aromatic rings. The maximum Gasteiger partial charge on any atom is 0.255 e. The molecular formula is C19H18FN5O. The number of carbonyl (C=O) groups excluding carboxylic acids is 1. The number of nitrogens with one attached hydrogen (secondary N) is 1. The van der Waals surface area contributed by atoms with E-state index in [1.165, 1.54) is 40.4 Å². The monoisotopic (exact) mass is 351 g/mol. The third kappa shape index (κ3) is 3.08. The van der Waals surface area contributed by atoms with Gasteiger partial charge in [-0.1, -0.05) is 6.07 Å². The lowest BCUT2D eigenvalue weighted by molar-refractivity contribution is 0.102. The Morgan fingerprint density at radius 1 is 1.12 bits per heavy atom. The van der Waals surface area contributed by atoms with E-state index in [1.54, 1.807) is 6.92 Å². The van der Waals surface area contributed by atoms with Gasteiger partial charge in [-0.2, -0.15) is 4.68 Å². The number of rotatable bonds is 3. The lowest BCUT2D eigenvalue weighted by Gasteiger charge is -2.16. The summed E-state index contributed by atoms with van der Waals surface area (Å²) >= 11 is 0. The second-order valence-electron chi connectivity index (χ2n) is 6.45. The first-order chi connectivity index (χ1) is 12.6. The number of aryl methyl sites for hydroxylation is 3. The highest BCUT2D eigenvalue weighted by Gasteiger charge is 2.15. The molecule has 1 heterocycles. The molecule has 0 bridgehead atoms. The number of hydrogen-bond donors (Lipinski definition) is 1. The zero-order chi connectivity index (χ0) is 18.1. The SMILES string of the molecule is Cc1nnnn1-c1cc(NC(=O)c2ccc3c(c2)CCCC3)ccc1F. The number of anilines is 1. The molecule has 1 N–H and O–H groups in total. The van der Waals surface area contributed by atoms with E-state index in [1.807, 2.05) is 18.2 Å². The molecule has 0 saturated carbocycles. The van der Waals surface area contributed by atoms with E-state index < -0.39 is 5.82 Å². The molecule has 2 aromatic carbocycles. The van der Waals surface area contributed by atoms with Crippen molar-refractivity contribution in [1.82, 2.24) is 20.2 Å². The number of aromatic nitrogens is 4. The first-order valence-electron chi connectivity index (χ1n) is 8.60. The molecule has 6 nitrogen and oxygen atoms in total. The average molecular weight is 351 g/mol. The van der Waals surface area contributed by atoms with Crippen LogP contribution in [0.4, 0.5) is 10.1 Å². The van der Waals surface area contributed by atoms with Gasteiger partial charge >= 0.3 is 0 Å². The van der Waals surface area contributed by atoms with Crippen LogP contribution in [0.3, 0.4) is 0 Å². The van der Waals surface area contributed by atoms with E-state index in [0.29, 0.717) is 17.1 Å². The van der Waals surface area contributed by atoms with E-state index in [9.17, 15) is 9.18 Å². The molecule has 0 spiro atoms. The fourth-order valence-electron chi connectivity index (χ4n) is 3.28. The Morgan fingerprint density at radius 3 is 2.69 bits per heavy atom. The van der Waals surface area contributed by atoms with Crippen LogP contribution < -0.4 is 5.32 Å². The van der Waals surface area contributed by atoms with Crippen molar-refractivity contribution in [3.63, 3.8) is 0 Å². The Labute approximate surface area is 150 Å². The molecule has 4 rings (SSSR count). The molecule has 0 fully saturated rings. The van der Waals surface area contributed by atoms with Crippen LogP contribution in [0.15, 0.2) is 36.4 Å². The molecule has 26 heavy (non-hydrogen) atoms. The predicted molar refractivity (Wildman–Crippen MR) is 94.9 cm³/mol. The number of nitrogens with zero attached hydrogens (tertiary/aromatic N) is 4. The largest absolute Gasteiger partial charge is 0.322 e. The highest BCUT2D eigenvalue weighted by atomic mass is 19.1. The lowest BCUT2D eigenvalue weighted by atomic mass is 9.90. The number of amides is 1. The van der Waals surface area contributed by atoms with Gasteiger partial charge in [-0.15, -0.1) is 5.10 Å². The van der Waals surface area contributed by atoms with Crippen molar-refractivity contribution in [1.29, 1.82) is 0 Å². The predicted octanol–water partition coefficient (Wildman–Crippen LogP) is 3.24. The van der Waals surface area contributed by atoms with E-state index in [2.05, 4.69) is 20.8 Å². The molecule has 1 aromatic heterocycles.